The van der Waals surface area contributed by atoms with Gasteiger partial charge in [0, 0.05) is 18.3 Å². The Bertz CT molecular complexity index is 721. The van der Waals surface area contributed by atoms with Crippen LogP contribution in [0.3, 0.4) is 0 Å². The average Bonchev–Trinajstić information content (AvgIpc) is 2.75. The lowest BCUT2D eigenvalue weighted by molar-refractivity contribution is 0.0719. The number of amides is 1. The summed E-state index contributed by atoms with van der Waals surface area (Å²) < 4.78 is 23.2. The van der Waals surface area contributed by atoms with Crippen molar-refractivity contribution < 1.29 is 13.2 Å². The minimum atomic E-state index is -3.11. The van der Waals surface area contributed by atoms with Crippen LogP contribution < -0.4 is 5.56 Å². The standard InChI is InChI=1S/C14H18N2O4S/c1-3-7-16(11-6-8-21(19,20)9-11)14(18)12-5-4-10(2)15-13(12)17/h3-5,11H,1,6-9H2,2H3,(H,15,17). The van der Waals surface area contributed by atoms with Crippen LogP contribution >= 0.6 is 0 Å². The van der Waals surface area contributed by atoms with Gasteiger partial charge in [0.05, 0.1) is 11.5 Å². The minimum absolute atomic E-state index is 0.0201. The molecule has 0 aliphatic carbocycles. The zero-order valence-corrected chi connectivity index (χ0v) is 12.6. The largest absolute Gasteiger partial charge is 0.331 e. The highest BCUT2D eigenvalue weighted by Gasteiger charge is 2.35. The van der Waals surface area contributed by atoms with E-state index in [0.717, 1.165) is 0 Å². The van der Waals surface area contributed by atoms with Gasteiger partial charge in [-0.15, -0.1) is 6.58 Å². The highest BCUT2D eigenvalue weighted by molar-refractivity contribution is 7.91. The molecule has 7 heteroatoms. The zero-order chi connectivity index (χ0) is 15.6. The van der Waals surface area contributed by atoms with Crippen molar-refractivity contribution in [3.8, 4) is 0 Å². The first-order valence-electron chi connectivity index (χ1n) is 6.66. The molecule has 1 aromatic heterocycles. The SMILES string of the molecule is C=CCN(C(=O)c1ccc(C)[nH]c1=O)C1CCS(=O)(=O)C1. The lowest BCUT2D eigenvalue weighted by Crippen LogP contribution is -2.43. The Morgan fingerprint density at radius 3 is 2.76 bits per heavy atom. The quantitative estimate of drug-likeness (QED) is 0.820. The molecule has 21 heavy (non-hydrogen) atoms. The Hall–Kier alpha value is -1.89. The monoisotopic (exact) mass is 310 g/mol. The lowest BCUT2D eigenvalue weighted by Gasteiger charge is -2.26. The third kappa shape index (κ3) is 3.41. The van der Waals surface area contributed by atoms with E-state index in [1.54, 1.807) is 13.0 Å². The van der Waals surface area contributed by atoms with Crippen LogP contribution in [-0.4, -0.2) is 48.3 Å². The summed E-state index contributed by atoms with van der Waals surface area (Å²) in [5.74, 6) is -0.447. The summed E-state index contributed by atoms with van der Waals surface area (Å²) in [5.41, 5.74) is 0.219. The second-order valence-electron chi connectivity index (χ2n) is 5.19. The minimum Gasteiger partial charge on any atom is -0.331 e. The van der Waals surface area contributed by atoms with Crippen molar-refractivity contribution in [2.45, 2.75) is 19.4 Å². The van der Waals surface area contributed by atoms with Gasteiger partial charge in [-0.2, -0.15) is 0 Å². The normalized spacial score (nSPS) is 20.1. The summed E-state index contributed by atoms with van der Waals surface area (Å²) in [4.78, 5) is 28.4. The molecule has 1 unspecified atom stereocenters. The molecule has 1 aromatic rings. The number of nitrogens with zero attached hydrogens (tertiary/aromatic N) is 1. The van der Waals surface area contributed by atoms with Crippen LogP contribution in [0.25, 0.3) is 0 Å². The Balaban J connectivity index is 2.32. The zero-order valence-electron chi connectivity index (χ0n) is 11.8. The van der Waals surface area contributed by atoms with Crippen LogP contribution in [0.5, 0.6) is 0 Å². The molecule has 1 fully saturated rings. The van der Waals surface area contributed by atoms with Crippen LogP contribution in [0.1, 0.15) is 22.5 Å². The maximum Gasteiger partial charge on any atom is 0.260 e. The fourth-order valence-corrected chi connectivity index (χ4v) is 4.18. The first-order valence-corrected chi connectivity index (χ1v) is 8.48. The molecule has 0 aromatic carbocycles. The Morgan fingerprint density at radius 2 is 2.24 bits per heavy atom. The van der Waals surface area contributed by atoms with Gasteiger partial charge in [0.2, 0.25) is 0 Å². The number of hydrogen-bond donors (Lipinski definition) is 1. The number of pyridine rings is 1. The van der Waals surface area contributed by atoms with Gasteiger partial charge in [0.15, 0.2) is 9.84 Å². The molecule has 1 N–H and O–H groups in total. The van der Waals surface area contributed by atoms with Crippen molar-refractivity contribution in [3.05, 3.63) is 46.4 Å². The number of rotatable bonds is 4. The number of H-pyrrole nitrogens is 1. The molecule has 0 radical (unpaired) electrons. The fraction of sp³-hybridized carbons (Fsp3) is 0.429. The predicted octanol–water partition coefficient (Wildman–Crippen LogP) is 0.499. The third-order valence-electron chi connectivity index (χ3n) is 3.52. The van der Waals surface area contributed by atoms with E-state index in [9.17, 15) is 18.0 Å². The molecule has 6 nitrogen and oxygen atoms in total. The summed E-state index contributed by atoms with van der Waals surface area (Å²) in [6.07, 6.45) is 1.93. The van der Waals surface area contributed by atoms with Gasteiger partial charge in [-0.05, 0) is 25.5 Å². The smallest absolute Gasteiger partial charge is 0.260 e. The van der Waals surface area contributed by atoms with Gasteiger partial charge in [-0.1, -0.05) is 6.08 Å². The van der Waals surface area contributed by atoms with Crippen LogP contribution in [0, 0.1) is 6.92 Å². The van der Waals surface area contributed by atoms with E-state index < -0.39 is 27.3 Å². The molecule has 0 saturated carbocycles. The fourth-order valence-electron chi connectivity index (χ4n) is 2.45. The molecule has 1 amide bonds. The summed E-state index contributed by atoms with van der Waals surface area (Å²) in [7, 11) is -3.11. The summed E-state index contributed by atoms with van der Waals surface area (Å²) >= 11 is 0. The van der Waals surface area contributed by atoms with Crippen molar-refractivity contribution in [2.75, 3.05) is 18.1 Å². The Labute approximate surface area is 123 Å². The maximum atomic E-state index is 12.5. The number of nitrogens with one attached hydrogen (secondary N) is 1. The lowest BCUT2D eigenvalue weighted by atomic mass is 10.1. The van der Waals surface area contributed by atoms with Crippen molar-refractivity contribution in [2.24, 2.45) is 0 Å². The molecule has 114 valence electrons. The summed E-state index contributed by atoms with van der Waals surface area (Å²) in [6, 6.07) is 2.71. The molecule has 2 rings (SSSR count). The molecular weight excluding hydrogens is 292 g/mol. The number of carbonyl (C=O) groups is 1. The predicted molar refractivity (Wildman–Crippen MR) is 80.1 cm³/mol. The number of aromatic nitrogens is 1. The van der Waals surface area contributed by atoms with Crippen molar-refractivity contribution >= 4 is 15.7 Å². The van der Waals surface area contributed by atoms with E-state index in [0.29, 0.717) is 12.1 Å². The van der Waals surface area contributed by atoms with Crippen molar-refractivity contribution in [3.63, 3.8) is 0 Å². The molecule has 1 aliphatic rings. The molecule has 1 aliphatic heterocycles. The van der Waals surface area contributed by atoms with Gasteiger partial charge in [-0.25, -0.2) is 8.42 Å². The highest BCUT2D eigenvalue weighted by atomic mass is 32.2. The molecule has 0 bridgehead atoms. The van der Waals surface area contributed by atoms with E-state index in [1.165, 1.54) is 17.0 Å². The van der Waals surface area contributed by atoms with E-state index in [4.69, 9.17) is 0 Å². The second-order valence-corrected chi connectivity index (χ2v) is 7.42. The van der Waals surface area contributed by atoms with Crippen molar-refractivity contribution in [1.82, 2.24) is 9.88 Å². The van der Waals surface area contributed by atoms with Gasteiger partial charge < -0.3 is 9.88 Å². The average molecular weight is 310 g/mol. The maximum absolute atomic E-state index is 12.5. The van der Waals surface area contributed by atoms with Crippen LogP contribution in [-0.2, 0) is 9.84 Å². The summed E-state index contributed by atoms with van der Waals surface area (Å²) in [6.45, 7) is 5.53. The number of carbonyl (C=O) groups excluding carboxylic acids is 1. The van der Waals surface area contributed by atoms with E-state index in [2.05, 4.69) is 11.6 Å². The number of sulfone groups is 1. The number of aromatic amines is 1. The molecule has 1 saturated heterocycles. The third-order valence-corrected chi connectivity index (χ3v) is 5.27. The molecule has 1 atom stereocenters. The topological polar surface area (TPSA) is 87.3 Å². The Morgan fingerprint density at radius 1 is 1.52 bits per heavy atom. The van der Waals surface area contributed by atoms with Crippen LogP contribution in [0.2, 0.25) is 0 Å². The number of hydrogen-bond acceptors (Lipinski definition) is 4. The van der Waals surface area contributed by atoms with E-state index in [1.807, 2.05) is 0 Å². The molecule has 2 heterocycles. The van der Waals surface area contributed by atoms with Crippen LogP contribution in [0.4, 0.5) is 0 Å². The number of aryl methyl sites for hydroxylation is 1. The molecular formula is C14H18N2O4S. The van der Waals surface area contributed by atoms with E-state index in [-0.39, 0.29) is 23.6 Å². The van der Waals surface area contributed by atoms with Crippen molar-refractivity contribution in [1.29, 1.82) is 0 Å². The van der Waals surface area contributed by atoms with Gasteiger partial charge in [0.25, 0.3) is 11.5 Å². The van der Waals surface area contributed by atoms with Crippen LogP contribution in [0.15, 0.2) is 29.6 Å². The Kier molecular flexibility index (Phi) is 4.32. The van der Waals surface area contributed by atoms with Gasteiger partial charge in [0.1, 0.15) is 5.56 Å². The summed E-state index contributed by atoms with van der Waals surface area (Å²) in [5, 5.41) is 0. The molecule has 0 spiro atoms. The first kappa shape index (κ1) is 15.5. The van der Waals surface area contributed by atoms with Gasteiger partial charge >= 0.3 is 0 Å². The van der Waals surface area contributed by atoms with Gasteiger partial charge in [-0.3, -0.25) is 9.59 Å². The second kappa shape index (κ2) is 5.85. The first-order chi connectivity index (χ1) is 9.84. The highest BCUT2D eigenvalue weighted by Crippen LogP contribution is 2.19. The van der Waals surface area contributed by atoms with E-state index >= 15 is 0 Å².